The lowest BCUT2D eigenvalue weighted by Gasteiger charge is -2.17. The van der Waals surface area contributed by atoms with E-state index in [0.717, 1.165) is 38.5 Å². The first-order valence-electron chi connectivity index (χ1n) is 16.5. The Morgan fingerprint density at radius 1 is 0.347 bits per heavy atom. The fraction of sp³-hybridized carbons (Fsp3) is 0. The van der Waals surface area contributed by atoms with Gasteiger partial charge in [-0.2, -0.15) is 9.97 Å². The van der Waals surface area contributed by atoms with Gasteiger partial charge in [0.1, 0.15) is 0 Å². The average Bonchev–Trinajstić information content (AvgIpc) is 3.51. The molecule has 0 saturated carbocycles. The maximum absolute atomic E-state index is 5.31. The quantitative estimate of drug-likeness (QED) is 0.145. The molecule has 0 saturated heterocycles. The maximum atomic E-state index is 5.31. The van der Waals surface area contributed by atoms with E-state index in [1.807, 2.05) is 18.2 Å². The molecule has 0 atom stereocenters. The van der Waals surface area contributed by atoms with Crippen molar-refractivity contribution in [2.75, 3.05) is 0 Å². The summed E-state index contributed by atoms with van der Waals surface area (Å²) in [7, 11) is 0. The third-order valence-corrected chi connectivity index (χ3v) is 9.64. The minimum Gasteiger partial charge on any atom is -0.278 e. The number of nitrogens with zero attached hydrogens (tertiary/aromatic N) is 4. The number of para-hydroxylation sites is 2. The zero-order valence-electron chi connectivity index (χ0n) is 26.5. The van der Waals surface area contributed by atoms with Crippen LogP contribution in [0.5, 0.6) is 0 Å². The zero-order valence-corrected chi connectivity index (χ0v) is 26.5. The van der Waals surface area contributed by atoms with Crippen molar-refractivity contribution >= 4 is 54.1 Å². The average molecular weight is 625 g/mol. The SMILES string of the molecule is c1ccc(-c2nc(-c3ccccc3-c3c4ccccc4cc4c3ccc3ccccc34)nc(-n3c4ccccc4c4ccccc43)n2)cc1. The van der Waals surface area contributed by atoms with Gasteiger partial charge in [0.2, 0.25) is 5.95 Å². The third kappa shape index (κ3) is 4.35. The lowest BCUT2D eigenvalue weighted by Crippen LogP contribution is -2.06. The first-order chi connectivity index (χ1) is 24.3. The van der Waals surface area contributed by atoms with Gasteiger partial charge in [0.05, 0.1) is 11.0 Å². The van der Waals surface area contributed by atoms with Crippen LogP contribution in [-0.4, -0.2) is 19.5 Å². The Kier molecular flexibility index (Phi) is 6.15. The van der Waals surface area contributed by atoms with Crippen LogP contribution in [0.3, 0.4) is 0 Å². The van der Waals surface area contributed by atoms with Crippen molar-refractivity contribution in [3.8, 4) is 39.9 Å². The van der Waals surface area contributed by atoms with Crippen LogP contribution in [0, 0.1) is 0 Å². The Balaban J connectivity index is 1.30. The van der Waals surface area contributed by atoms with Gasteiger partial charge in [-0.1, -0.05) is 152 Å². The van der Waals surface area contributed by atoms with Crippen LogP contribution in [0.2, 0.25) is 0 Å². The smallest absolute Gasteiger partial charge is 0.238 e. The van der Waals surface area contributed by atoms with Crippen LogP contribution < -0.4 is 0 Å². The van der Waals surface area contributed by atoms with Gasteiger partial charge in [0, 0.05) is 21.9 Å². The molecule has 0 fully saturated rings. The van der Waals surface area contributed by atoms with E-state index < -0.39 is 0 Å². The molecule has 10 rings (SSSR count). The highest BCUT2D eigenvalue weighted by Gasteiger charge is 2.21. The highest BCUT2D eigenvalue weighted by molar-refractivity contribution is 6.21. The lowest BCUT2D eigenvalue weighted by atomic mass is 9.88. The van der Waals surface area contributed by atoms with Gasteiger partial charge in [0.25, 0.3) is 0 Å². The summed E-state index contributed by atoms with van der Waals surface area (Å²) >= 11 is 0. The second kappa shape index (κ2) is 11.0. The van der Waals surface area contributed by atoms with Crippen molar-refractivity contribution < 1.29 is 0 Å². The molecule has 0 bridgehead atoms. The molecule has 0 aliphatic heterocycles. The topological polar surface area (TPSA) is 43.6 Å². The molecule has 49 heavy (non-hydrogen) atoms. The summed E-state index contributed by atoms with van der Waals surface area (Å²) in [5, 5.41) is 9.61. The van der Waals surface area contributed by atoms with Gasteiger partial charge in [0.15, 0.2) is 11.6 Å². The molecule has 0 amide bonds. The van der Waals surface area contributed by atoms with E-state index in [2.05, 4.69) is 156 Å². The molecular weight excluding hydrogens is 597 g/mol. The lowest BCUT2D eigenvalue weighted by molar-refractivity contribution is 0.954. The minimum absolute atomic E-state index is 0.588. The summed E-state index contributed by atoms with van der Waals surface area (Å²) < 4.78 is 2.17. The molecule has 4 heteroatoms. The Morgan fingerprint density at radius 3 is 1.67 bits per heavy atom. The van der Waals surface area contributed by atoms with Gasteiger partial charge in [-0.25, -0.2) is 4.98 Å². The van der Waals surface area contributed by atoms with Crippen LogP contribution >= 0.6 is 0 Å². The molecule has 2 heterocycles. The zero-order chi connectivity index (χ0) is 32.3. The van der Waals surface area contributed by atoms with E-state index in [4.69, 9.17) is 15.0 Å². The molecule has 2 aromatic heterocycles. The summed E-state index contributed by atoms with van der Waals surface area (Å²) in [5.41, 5.74) is 6.26. The number of fused-ring (bicyclic) bond motifs is 7. The van der Waals surface area contributed by atoms with E-state index in [-0.39, 0.29) is 0 Å². The second-order valence-corrected chi connectivity index (χ2v) is 12.4. The third-order valence-electron chi connectivity index (χ3n) is 9.64. The Hall–Kier alpha value is -6.65. The Morgan fingerprint density at radius 2 is 0.918 bits per heavy atom. The van der Waals surface area contributed by atoms with Gasteiger partial charge in [-0.05, 0) is 61.6 Å². The minimum atomic E-state index is 0.588. The van der Waals surface area contributed by atoms with Gasteiger partial charge < -0.3 is 0 Å². The first-order valence-corrected chi connectivity index (χ1v) is 16.5. The summed E-state index contributed by atoms with van der Waals surface area (Å²) in [5.74, 6) is 1.85. The number of hydrogen-bond acceptors (Lipinski definition) is 3. The van der Waals surface area contributed by atoms with E-state index in [0.29, 0.717) is 17.6 Å². The van der Waals surface area contributed by atoms with E-state index in [1.54, 1.807) is 0 Å². The highest BCUT2D eigenvalue weighted by atomic mass is 15.2. The molecule has 0 unspecified atom stereocenters. The molecule has 4 nitrogen and oxygen atoms in total. The van der Waals surface area contributed by atoms with Crippen molar-refractivity contribution in [3.63, 3.8) is 0 Å². The van der Waals surface area contributed by atoms with Crippen LogP contribution in [0.4, 0.5) is 0 Å². The molecule has 0 radical (unpaired) electrons. The fourth-order valence-corrected chi connectivity index (χ4v) is 7.45. The van der Waals surface area contributed by atoms with Crippen LogP contribution in [0.1, 0.15) is 0 Å². The normalized spacial score (nSPS) is 11.7. The van der Waals surface area contributed by atoms with Crippen LogP contribution in [0.25, 0.3) is 94.0 Å². The van der Waals surface area contributed by atoms with Crippen molar-refractivity contribution in [2.45, 2.75) is 0 Å². The summed E-state index contributed by atoms with van der Waals surface area (Å²) in [6.45, 7) is 0. The largest absolute Gasteiger partial charge is 0.278 e. The maximum Gasteiger partial charge on any atom is 0.238 e. The predicted molar refractivity (Wildman–Crippen MR) is 203 cm³/mol. The second-order valence-electron chi connectivity index (χ2n) is 12.4. The van der Waals surface area contributed by atoms with Crippen molar-refractivity contribution in [3.05, 3.63) is 170 Å². The molecule has 0 aliphatic carbocycles. The molecule has 0 aliphatic rings. The number of rotatable bonds is 4. The van der Waals surface area contributed by atoms with Crippen LogP contribution in [-0.2, 0) is 0 Å². The molecule has 228 valence electrons. The van der Waals surface area contributed by atoms with Gasteiger partial charge in [-0.15, -0.1) is 0 Å². The molecule has 8 aromatic carbocycles. The standard InChI is InChI=1S/C45H28N4/c1-2-15-30(16-3-1)43-46-44(48-45(47-43)49-40-24-12-10-20-34(40)35-21-11-13-25-41(35)49)38-23-9-8-22-36(38)42-33-19-7-5-17-31(33)28-39-32-18-6-4-14-29(32)26-27-37(39)42/h1-28H. The van der Waals surface area contributed by atoms with E-state index in [9.17, 15) is 0 Å². The highest BCUT2D eigenvalue weighted by Crippen LogP contribution is 2.43. The molecule has 0 spiro atoms. The first kappa shape index (κ1) is 27.5. The molecular formula is C45H28N4. The monoisotopic (exact) mass is 624 g/mol. The van der Waals surface area contributed by atoms with Crippen LogP contribution in [0.15, 0.2) is 170 Å². The van der Waals surface area contributed by atoms with Crippen molar-refractivity contribution in [1.29, 1.82) is 0 Å². The summed E-state index contributed by atoms with van der Waals surface area (Å²) in [6, 6.07) is 59.8. The Bertz CT molecular complexity index is 2830. The number of hydrogen-bond donors (Lipinski definition) is 0. The van der Waals surface area contributed by atoms with Crippen molar-refractivity contribution in [2.24, 2.45) is 0 Å². The molecule has 10 aromatic rings. The number of benzene rings is 8. The summed E-state index contributed by atoms with van der Waals surface area (Å²) in [6.07, 6.45) is 0. The van der Waals surface area contributed by atoms with Gasteiger partial charge in [-0.3, -0.25) is 4.57 Å². The van der Waals surface area contributed by atoms with E-state index >= 15 is 0 Å². The van der Waals surface area contributed by atoms with E-state index in [1.165, 1.54) is 37.9 Å². The number of aromatic nitrogens is 4. The Labute approximate surface area is 282 Å². The van der Waals surface area contributed by atoms with Crippen molar-refractivity contribution in [1.82, 2.24) is 19.5 Å². The molecule has 0 N–H and O–H groups in total. The van der Waals surface area contributed by atoms with Gasteiger partial charge >= 0.3 is 0 Å². The fourth-order valence-electron chi connectivity index (χ4n) is 7.45. The summed E-state index contributed by atoms with van der Waals surface area (Å²) in [4.78, 5) is 15.7. The predicted octanol–water partition coefficient (Wildman–Crippen LogP) is 11.4.